The topological polar surface area (TPSA) is 61.4 Å². The van der Waals surface area contributed by atoms with E-state index in [-0.39, 0.29) is 5.91 Å². The van der Waals surface area contributed by atoms with Crippen LogP contribution in [0.5, 0.6) is 0 Å². The number of anilines is 2. The first-order valence-electron chi connectivity index (χ1n) is 13.8. The number of nitrogens with zero attached hydrogens (tertiary/aromatic N) is 4. The van der Waals surface area contributed by atoms with Crippen LogP contribution in [0.2, 0.25) is 5.15 Å². The van der Waals surface area contributed by atoms with Crippen LogP contribution in [0.3, 0.4) is 0 Å². The van der Waals surface area contributed by atoms with Crippen LogP contribution in [0.4, 0.5) is 11.5 Å². The third-order valence-electron chi connectivity index (χ3n) is 7.18. The third-order valence-corrected chi connectivity index (χ3v) is 8.29. The lowest BCUT2D eigenvalue weighted by atomic mass is 10.1. The van der Waals surface area contributed by atoms with Crippen molar-refractivity contribution in [1.29, 1.82) is 0 Å². The van der Waals surface area contributed by atoms with Crippen molar-refractivity contribution in [3.63, 3.8) is 0 Å². The molecule has 1 fully saturated rings. The fourth-order valence-corrected chi connectivity index (χ4v) is 5.63. The molecule has 1 saturated heterocycles. The second-order valence-corrected chi connectivity index (χ2v) is 11.5. The molecule has 1 aliphatic rings. The maximum absolute atomic E-state index is 12.7. The fourth-order valence-electron chi connectivity index (χ4n) is 4.60. The van der Waals surface area contributed by atoms with Gasteiger partial charge in [-0.15, -0.1) is 0 Å². The molecule has 3 aromatic carbocycles. The van der Waals surface area contributed by atoms with E-state index in [1.165, 1.54) is 11.1 Å². The smallest absolute Gasteiger partial charge is 0.255 e. The van der Waals surface area contributed by atoms with Gasteiger partial charge in [0.2, 0.25) is 0 Å². The number of halogens is 1. The lowest BCUT2D eigenvalue weighted by Gasteiger charge is -2.35. The summed E-state index contributed by atoms with van der Waals surface area (Å²) < 4.78 is 0. The molecule has 0 saturated carbocycles. The van der Waals surface area contributed by atoms with Gasteiger partial charge in [0.1, 0.15) is 11.0 Å². The van der Waals surface area contributed by atoms with Gasteiger partial charge in [0.15, 0.2) is 5.16 Å². The summed E-state index contributed by atoms with van der Waals surface area (Å²) in [6.07, 6.45) is 4.40. The fraction of sp³-hybridized carbons (Fsp3) is 0.242. The molecule has 5 rings (SSSR count). The summed E-state index contributed by atoms with van der Waals surface area (Å²) in [6.45, 7) is 8.74. The standard InChI is InChI=1S/C33H34ClN5OS/c1-24-10-15-29(21-25(24)2)35-32(40)28-13-11-27(12-14-28)23-41-33-36-30(34)22-31(37-33)39-19-17-38(18-20-39)16-6-9-26-7-4-3-5-8-26/h3-15,21-22H,16-20,23H2,1-2H3,(H,35,40)/b9-6+. The first-order valence-corrected chi connectivity index (χ1v) is 15.1. The number of aryl methyl sites for hydroxylation is 2. The maximum atomic E-state index is 12.7. The zero-order valence-electron chi connectivity index (χ0n) is 23.4. The van der Waals surface area contributed by atoms with Crippen molar-refractivity contribution >= 4 is 46.9 Å². The zero-order valence-corrected chi connectivity index (χ0v) is 25.0. The average molecular weight is 584 g/mol. The molecule has 41 heavy (non-hydrogen) atoms. The Bertz CT molecular complexity index is 1500. The first-order chi connectivity index (χ1) is 19.9. The van der Waals surface area contributed by atoms with Crippen LogP contribution in [0.25, 0.3) is 6.08 Å². The van der Waals surface area contributed by atoms with Crippen molar-refractivity contribution in [1.82, 2.24) is 14.9 Å². The van der Waals surface area contributed by atoms with E-state index in [1.807, 2.05) is 61.5 Å². The number of rotatable bonds is 9. The number of piperazine rings is 1. The molecule has 1 amide bonds. The van der Waals surface area contributed by atoms with Crippen LogP contribution in [-0.4, -0.2) is 53.5 Å². The van der Waals surface area contributed by atoms with Gasteiger partial charge in [-0.05, 0) is 60.4 Å². The Kier molecular flexibility index (Phi) is 9.72. The number of thioether (sulfide) groups is 1. The number of carbonyl (C=O) groups is 1. The molecule has 210 valence electrons. The second kappa shape index (κ2) is 13.8. The first kappa shape index (κ1) is 28.9. The Labute approximate surface area is 251 Å². The van der Waals surface area contributed by atoms with Crippen molar-refractivity contribution in [3.05, 3.63) is 118 Å². The Balaban J connectivity index is 1.12. The van der Waals surface area contributed by atoms with Crippen LogP contribution in [-0.2, 0) is 5.75 Å². The summed E-state index contributed by atoms with van der Waals surface area (Å²) in [7, 11) is 0. The highest BCUT2D eigenvalue weighted by Gasteiger charge is 2.19. The van der Waals surface area contributed by atoms with Gasteiger partial charge in [0.05, 0.1) is 0 Å². The van der Waals surface area contributed by atoms with Gasteiger partial charge in [0, 0.05) is 55.8 Å². The highest BCUT2D eigenvalue weighted by atomic mass is 35.5. The Morgan fingerprint density at radius 1 is 0.927 bits per heavy atom. The number of benzene rings is 3. The molecule has 0 radical (unpaired) electrons. The molecule has 0 bridgehead atoms. The molecular weight excluding hydrogens is 550 g/mol. The maximum Gasteiger partial charge on any atom is 0.255 e. The highest BCUT2D eigenvalue weighted by molar-refractivity contribution is 7.98. The van der Waals surface area contributed by atoms with E-state index in [1.54, 1.807) is 11.8 Å². The predicted octanol–water partition coefficient (Wildman–Crippen LogP) is 7.13. The monoisotopic (exact) mass is 583 g/mol. The van der Waals surface area contributed by atoms with E-state index in [4.69, 9.17) is 16.6 Å². The molecule has 1 N–H and O–H groups in total. The molecule has 0 atom stereocenters. The number of aromatic nitrogens is 2. The van der Waals surface area contributed by atoms with Crippen molar-refractivity contribution in [2.45, 2.75) is 24.8 Å². The van der Waals surface area contributed by atoms with Gasteiger partial charge in [-0.1, -0.05) is 84.0 Å². The minimum atomic E-state index is -0.123. The lowest BCUT2D eigenvalue weighted by molar-refractivity contribution is 0.102. The van der Waals surface area contributed by atoms with Gasteiger partial charge in [-0.2, -0.15) is 0 Å². The minimum Gasteiger partial charge on any atom is -0.354 e. The molecule has 1 aromatic heterocycles. The van der Waals surface area contributed by atoms with Gasteiger partial charge in [-0.25, -0.2) is 9.97 Å². The van der Waals surface area contributed by atoms with Crippen molar-refractivity contribution in [2.75, 3.05) is 42.9 Å². The number of hydrogen-bond acceptors (Lipinski definition) is 6. The SMILES string of the molecule is Cc1ccc(NC(=O)c2ccc(CSc3nc(Cl)cc(N4CCN(C/C=C/c5ccccc5)CC4)n3)cc2)cc1C. The molecule has 2 heterocycles. The van der Waals surface area contributed by atoms with Gasteiger partial charge < -0.3 is 10.2 Å². The van der Waals surface area contributed by atoms with Crippen molar-refractivity contribution in [3.8, 4) is 0 Å². The summed E-state index contributed by atoms with van der Waals surface area (Å²) in [5, 5.41) is 4.08. The summed E-state index contributed by atoms with van der Waals surface area (Å²) in [4.78, 5) is 26.7. The molecular formula is C33H34ClN5OS. The molecule has 0 spiro atoms. The van der Waals surface area contributed by atoms with Crippen LogP contribution >= 0.6 is 23.4 Å². The normalized spacial score (nSPS) is 14.0. The molecule has 4 aromatic rings. The van der Waals surface area contributed by atoms with Gasteiger partial charge in [-0.3, -0.25) is 9.69 Å². The van der Waals surface area contributed by atoms with Crippen LogP contribution in [0.1, 0.15) is 32.6 Å². The Morgan fingerprint density at radius 3 is 2.41 bits per heavy atom. The second-order valence-electron chi connectivity index (χ2n) is 10.2. The highest BCUT2D eigenvalue weighted by Crippen LogP contribution is 2.26. The lowest BCUT2D eigenvalue weighted by Crippen LogP contribution is -2.46. The predicted molar refractivity (Wildman–Crippen MR) is 171 cm³/mol. The van der Waals surface area contributed by atoms with E-state index >= 15 is 0 Å². The quantitative estimate of drug-likeness (QED) is 0.128. The number of amides is 1. The van der Waals surface area contributed by atoms with Gasteiger partial charge in [0.25, 0.3) is 5.91 Å². The number of nitrogens with one attached hydrogen (secondary N) is 1. The summed E-state index contributed by atoms with van der Waals surface area (Å²) in [5.74, 6) is 1.42. The van der Waals surface area contributed by atoms with E-state index in [2.05, 4.69) is 63.4 Å². The summed E-state index contributed by atoms with van der Waals surface area (Å²) >= 11 is 7.93. The van der Waals surface area contributed by atoms with Crippen molar-refractivity contribution in [2.24, 2.45) is 0 Å². The van der Waals surface area contributed by atoms with Crippen LogP contribution in [0, 0.1) is 13.8 Å². The Morgan fingerprint density at radius 2 is 1.68 bits per heavy atom. The number of hydrogen-bond donors (Lipinski definition) is 1. The largest absolute Gasteiger partial charge is 0.354 e. The Hall–Kier alpha value is -3.65. The molecule has 0 unspecified atom stereocenters. The van der Waals surface area contributed by atoms with E-state index in [9.17, 15) is 4.79 Å². The van der Waals surface area contributed by atoms with Crippen molar-refractivity contribution < 1.29 is 4.79 Å². The number of carbonyl (C=O) groups excluding carboxylic acids is 1. The van der Waals surface area contributed by atoms with Crippen LogP contribution < -0.4 is 10.2 Å². The van der Waals surface area contributed by atoms with E-state index in [0.29, 0.717) is 21.6 Å². The average Bonchev–Trinajstić information content (AvgIpc) is 2.99. The zero-order chi connectivity index (χ0) is 28.6. The van der Waals surface area contributed by atoms with E-state index < -0.39 is 0 Å². The molecule has 6 nitrogen and oxygen atoms in total. The van der Waals surface area contributed by atoms with Crippen LogP contribution in [0.15, 0.2) is 90.1 Å². The molecule has 1 aliphatic heterocycles. The molecule has 0 aliphatic carbocycles. The third kappa shape index (κ3) is 8.19. The minimum absolute atomic E-state index is 0.123. The van der Waals surface area contributed by atoms with Gasteiger partial charge >= 0.3 is 0 Å². The van der Waals surface area contributed by atoms with E-state index in [0.717, 1.165) is 55.4 Å². The molecule has 8 heteroatoms. The summed E-state index contributed by atoms with van der Waals surface area (Å²) in [6, 6.07) is 25.8. The summed E-state index contributed by atoms with van der Waals surface area (Å²) in [5.41, 5.74) is 6.07.